The molecule has 0 amide bonds. The van der Waals surface area contributed by atoms with Crippen molar-refractivity contribution in [3.8, 4) is 23.8 Å². The number of benzene rings is 2. The van der Waals surface area contributed by atoms with Gasteiger partial charge in [-0.3, -0.25) is 0 Å². The van der Waals surface area contributed by atoms with Crippen LogP contribution in [0.25, 0.3) is 11.6 Å². The van der Waals surface area contributed by atoms with Gasteiger partial charge in [0.05, 0.1) is 29.0 Å². The summed E-state index contributed by atoms with van der Waals surface area (Å²) in [6, 6.07) is 35.8. The summed E-state index contributed by atoms with van der Waals surface area (Å²) in [6.45, 7) is 0. The lowest BCUT2D eigenvalue weighted by molar-refractivity contribution is 0.766. The van der Waals surface area contributed by atoms with Crippen LogP contribution < -0.4 is 0 Å². The van der Waals surface area contributed by atoms with Crippen molar-refractivity contribution in [2.24, 2.45) is 0 Å². The Balaban J connectivity index is 0.000000168. The Morgan fingerprint density at radius 3 is 1.83 bits per heavy atom. The summed E-state index contributed by atoms with van der Waals surface area (Å²) in [5.74, 6) is 1.35. The number of nitrogens with zero attached hydrogens (tertiary/aromatic N) is 8. The van der Waals surface area contributed by atoms with Gasteiger partial charge in [-0.2, -0.15) is 20.7 Å². The van der Waals surface area contributed by atoms with Crippen LogP contribution in [0.5, 0.6) is 0 Å². The molecule has 4 aromatic heterocycles. The van der Waals surface area contributed by atoms with Gasteiger partial charge < -0.3 is 0 Å². The number of hydrogen-bond donors (Lipinski definition) is 0. The Kier molecular flexibility index (Phi) is 9.21. The van der Waals surface area contributed by atoms with Gasteiger partial charge in [0.2, 0.25) is 0 Å². The molecule has 0 unspecified atom stereocenters. The van der Waals surface area contributed by atoms with Gasteiger partial charge in [-0.05, 0) is 61.1 Å². The highest BCUT2D eigenvalue weighted by molar-refractivity contribution is 5.36. The molecule has 8 heteroatoms. The van der Waals surface area contributed by atoms with Crippen LogP contribution in [-0.2, 0) is 25.7 Å². The summed E-state index contributed by atoms with van der Waals surface area (Å²) in [5, 5.41) is 26.7. The van der Waals surface area contributed by atoms with Gasteiger partial charge in [0.25, 0.3) is 0 Å². The van der Waals surface area contributed by atoms with Crippen LogP contribution in [0.3, 0.4) is 0 Å². The van der Waals surface area contributed by atoms with Crippen LogP contribution in [0.2, 0.25) is 0 Å². The average molecular weight is 549 g/mol. The predicted molar refractivity (Wildman–Crippen MR) is 160 cm³/mol. The van der Waals surface area contributed by atoms with Crippen molar-refractivity contribution < 1.29 is 0 Å². The maximum atomic E-state index is 8.97. The summed E-state index contributed by atoms with van der Waals surface area (Å²) < 4.78 is 3.50. The van der Waals surface area contributed by atoms with E-state index in [-0.39, 0.29) is 0 Å². The molecular formula is C34H28N8. The quantitative estimate of drug-likeness (QED) is 0.236. The van der Waals surface area contributed by atoms with Crippen LogP contribution in [0, 0.1) is 22.7 Å². The molecule has 0 aliphatic rings. The summed E-state index contributed by atoms with van der Waals surface area (Å²) in [4.78, 5) is 8.53. The number of aryl methyl sites for hydroxylation is 4. The first-order valence-corrected chi connectivity index (χ1v) is 13.6. The highest BCUT2D eigenvalue weighted by Gasteiger charge is 2.07. The normalized spacial score (nSPS) is 10.2. The van der Waals surface area contributed by atoms with Crippen molar-refractivity contribution in [1.82, 2.24) is 29.5 Å². The molecule has 4 heterocycles. The summed E-state index contributed by atoms with van der Waals surface area (Å²) in [5.41, 5.74) is 5.87. The molecule has 42 heavy (non-hydrogen) atoms. The molecule has 204 valence electrons. The Bertz CT molecular complexity index is 1810. The molecule has 0 atom stereocenters. The zero-order valence-corrected chi connectivity index (χ0v) is 23.0. The van der Waals surface area contributed by atoms with Crippen molar-refractivity contribution in [2.75, 3.05) is 0 Å². The molecule has 0 aliphatic heterocycles. The molecule has 0 saturated heterocycles. The second kappa shape index (κ2) is 14.0. The molecule has 0 saturated carbocycles. The smallest absolute Gasteiger partial charge is 0.154 e. The largest absolute Gasteiger partial charge is 0.237 e. The van der Waals surface area contributed by atoms with Gasteiger partial charge in [0.1, 0.15) is 0 Å². The predicted octanol–water partition coefficient (Wildman–Crippen LogP) is 5.85. The third kappa shape index (κ3) is 7.41. The summed E-state index contributed by atoms with van der Waals surface area (Å²) in [7, 11) is 0. The number of nitriles is 2. The number of hydrogen-bond acceptors (Lipinski definition) is 6. The number of aromatic nitrogens is 6. The standard InChI is InChI=1S/2C17H14N4/c18-13-15-8-10-19-17(12-15)21-11-9-16(20-21)7-6-14-4-2-1-3-5-14;18-13-15-8-10-19-17(12-15)21-16(9-11-20-21)7-6-14-4-2-1-3-5-14/h2*1-5,8-12H,6-7H2. The maximum Gasteiger partial charge on any atom is 0.154 e. The molecule has 8 nitrogen and oxygen atoms in total. The van der Waals surface area contributed by atoms with Crippen LogP contribution in [-0.4, -0.2) is 29.5 Å². The van der Waals surface area contributed by atoms with E-state index in [0.717, 1.165) is 37.1 Å². The molecule has 0 N–H and O–H groups in total. The van der Waals surface area contributed by atoms with E-state index in [4.69, 9.17) is 10.5 Å². The Labute approximate surface area is 244 Å². The minimum Gasteiger partial charge on any atom is -0.237 e. The fourth-order valence-corrected chi connectivity index (χ4v) is 4.40. The topological polar surface area (TPSA) is 109 Å². The second-order valence-corrected chi connectivity index (χ2v) is 9.49. The van der Waals surface area contributed by atoms with Crippen LogP contribution in [0.1, 0.15) is 33.6 Å². The fourth-order valence-electron chi connectivity index (χ4n) is 4.40. The van der Waals surface area contributed by atoms with Gasteiger partial charge in [-0.15, -0.1) is 0 Å². The third-order valence-corrected chi connectivity index (χ3v) is 6.59. The van der Waals surface area contributed by atoms with E-state index < -0.39 is 0 Å². The third-order valence-electron chi connectivity index (χ3n) is 6.59. The van der Waals surface area contributed by atoms with Crippen LogP contribution >= 0.6 is 0 Å². The molecule has 6 aromatic rings. The molecule has 2 aromatic carbocycles. The lowest BCUT2D eigenvalue weighted by atomic mass is 10.1. The van der Waals surface area contributed by atoms with Gasteiger partial charge >= 0.3 is 0 Å². The number of pyridine rings is 2. The Hall–Kier alpha value is -5.86. The molecule has 0 aliphatic carbocycles. The SMILES string of the molecule is N#Cc1ccnc(-n2ccc(CCc3ccccc3)n2)c1.N#Cc1ccnc(-n2nccc2CCc2ccccc2)c1. The highest BCUT2D eigenvalue weighted by atomic mass is 15.3. The Morgan fingerprint density at radius 2 is 1.19 bits per heavy atom. The average Bonchev–Trinajstić information content (AvgIpc) is 3.74. The van der Waals surface area contributed by atoms with Gasteiger partial charge in [-0.25, -0.2) is 19.3 Å². The van der Waals surface area contributed by atoms with Crippen LogP contribution in [0.4, 0.5) is 0 Å². The van der Waals surface area contributed by atoms with Crippen molar-refractivity contribution in [3.05, 3.63) is 155 Å². The van der Waals surface area contributed by atoms with E-state index in [0.29, 0.717) is 22.8 Å². The lowest BCUT2D eigenvalue weighted by Gasteiger charge is -2.07. The molecule has 0 radical (unpaired) electrons. The molecular weight excluding hydrogens is 520 g/mol. The molecule has 6 rings (SSSR count). The molecule has 0 spiro atoms. The summed E-state index contributed by atoms with van der Waals surface area (Å²) in [6.07, 6.45) is 10.6. The van der Waals surface area contributed by atoms with Gasteiger partial charge in [0, 0.05) is 42.6 Å². The van der Waals surface area contributed by atoms with Gasteiger partial charge in [-0.1, -0.05) is 60.7 Å². The van der Waals surface area contributed by atoms with E-state index in [1.54, 1.807) is 52.2 Å². The summed E-state index contributed by atoms with van der Waals surface area (Å²) >= 11 is 0. The first-order valence-electron chi connectivity index (χ1n) is 13.6. The minimum absolute atomic E-state index is 0.585. The van der Waals surface area contributed by atoms with Gasteiger partial charge in [0.15, 0.2) is 11.6 Å². The monoisotopic (exact) mass is 548 g/mol. The first-order chi connectivity index (χ1) is 20.7. The van der Waals surface area contributed by atoms with Crippen molar-refractivity contribution in [3.63, 3.8) is 0 Å². The van der Waals surface area contributed by atoms with Crippen molar-refractivity contribution >= 4 is 0 Å². The Morgan fingerprint density at radius 1 is 0.595 bits per heavy atom. The van der Waals surface area contributed by atoms with Crippen molar-refractivity contribution in [1.29, 1.82) is 10.5 Å². The minimum atomic E-state index is 0.585. The highest BCUT2D eigenvalue weighted by Crippen LogP contribution is 2.13. The zero-order valence-electron chi connectivity index (χ0n) is 23.0. The van der Waals surface area contributed by atoms with E-state index in [1.165, 1.54) is 11.1 Å². The first kappa shape index (κ1) is 27.7. The van der Waals surface area contributed by atoms with E-state index in [2.05, 4.69) is 56.6 Å². The van der Waals surface area contributed by atoms with Crippen LogP contribution in [0.15, 0.2) is 122 Å². The molecule has 0 fully saturated rings. The van der Waals surface area contributed by atoms with Crippen molar-refractivity contribution in [2.45, 2.75) is 25.7 Å². The fraction of sp³-hybridized carbons (Fsp3) is 0.118. The van der Waals surface area contributed by atoms with E-state index in [1.807, 2.05) is 54.7 Å². The number of rotatable bonds is 8. The van der Waals surface area contributed by atoms with E-state index >= 15 is 0 Å². The second-order valence-electron chi connectivity index (χ2n) is 9.49. The maximum absolute atomic E-state index is 8.97. The lowest BCUT2D eigenvalue weighted by Crippen LogP contribution is -2.05. The zero-order chi connectivity index (χ0) is 29.0. The molecule has 0 bridgehead atoms. The van der Waals surface area contributed by atoms with E-state index in [9.17, 15) is 0 Å².